The van der Waals surface area contributed by atoms with E-state index in [1.807, 2.05) is 0 Å². The van der Waals surface area contributed by atoms with Crippen LogP contribution in [0.25, 0.3) is 0 Å². The van der Waals surface area contributed by atoms with Gasteiger partial charge in [-0.1, -0.05) is 6.92 Å². The number of aliphatic carboxylic acids is 1. The second-order valence-electron chi connectivity index (χ2n) is 6.47. The molecule has 6 heteroatoms. The zero-order valence-corrected chi connectivity index (χ0v) is 12.7. The molecule has 0 radical (unpaired) electrons. The summed E-state index contributed by atoms with van der Waals surface area (Å²) in [6.45, 7) is 4.36. The predicted octanol–water partition coefficient (Wildman–Crippen LogP) is 0.762. The van der Waals surface area contributed by atoms with E-state index in [0.29, 0.717) is 38.4 Å². The van der Waals surface area contributed by atoms with E-state index < -0.39 is 11.4 Å². The monoisotopic (exact) mass is 298 g/mol. The molecule has 0 spiro atoms. The van der Waals surface area contributed by atoms with Crippen LogP contribution in [-0.2, 0) is 14.3 Å². The largest absolute Gasteiger partial charge is 0.481 e. The van der Waals surface area contributed by atoms with Crippen molar-refractivity contribution in [3.63, 3.8) is 0 Å². The average molecular weight is 298 g/mol. The molecule has 0 aromatic rings. The second-order valence-corrected chi connectivity index (χ2v) is 6.47. The molecule has 1 aliphatic carbocycles. The van der Waals surface area contributed by atoms with Gasteiger partial charge in [0.2, 0.25) is 5.91 Å². The standard InChI is InChI=1S/C15H26N2O4/c1-11-2-4-15(5-3-11,14(19)20)10-17-13(18)8-12-9-21-7-6-16-12/h11-12,16H,2-10H2,1H3,(H,17,18)(H,19,20). The van der Waals surface area contributed by atoms with E-state index in [4.69, 9.17) is 4.74 Å². The number of nitrogens with one attached hydrogen (secondary N) is 2. The van der Waals surface area contributed by atoms with E-state index in [-0.39, 0.29) is 18.5 Å². The fourth-order valence-corrected chi connectivity index (χ4v) is 3.10. The quantitative estimate of drug-likeness (QED) is 0.697. The maximum Gasteiger partial charge on any atom is 0.311 e. The zero-order chi connectivity index (χ0) is 15.3. The van der Waals surface area contributed by atoms with Crippen molar-refractivity contribution < 1.29 is 19.4 Å². The SMILES string of the molecule is CC1CCC(CNC(=O)CC2COCCN2)(C(=O)O)CC1. The van der Waals surface area contributed by atoms with Crippen molar-refractivity contribution in [1.82, 2.24) is 10.6 Å². The molecule has 1 heterocycles. The zero-order valence-electron chi connectivity index (χ0n) is 12.7. The fourth-order valence-electron chi connectivity index (χ4n) is 3.10. The Morgan fingerprint density at radius 3 is 2.67 bits per heavy atom. The first-order chi connectivity index (χ1) is 10.0. The summed E-state index contributed by atoms with van der Waals surface area (Å²) in [5, 5.41) is 15.6. The van der Waals surface area contributed by atoms with Crippen LogP contribution in [0.2, 0.25) is 0 Å². The summed E-state index contributed by atoms with van der Waals surface area (Å²) in [6, 6.07) is 0.0332. The minimum Gasteiger partial charge on any atom is -0.481 e. The summed E-state index contributed by atoms with van der Waals surface area (Å²) in [6.07, 6.45) is 3.47. The number of hydrogen-bond acceptors (Lipinski definition) is 4. The van der Waals surface area contributed by atoms with Gasteiger partial charge in [0.25, 0.3) is 0 Å². The van der Waals surface area contributed by atoms with Gasteiger partial charge in [0.05, 0.1) is 18.6 Å². The lowest BCUT2D eigenvalue weighted by Gasteiger charge is -2.36. The minimum atomic E-state index is -0.783. The van der Waals surface area contributed by atoms with Crippen LogP contribution < -0.4 is 10.6 Å². The molecule has 3 N–H and O–H groups in total. The van der Waals surface area contributed by atoms with Gasteiger partial charge < -0.3 is 20.5 Å². The van der Waals surface area contributed by atoms with Crippen molar-refractivity contribution in [3.8, 4) is 0 Å². The molecule has 0 bridgehead atoms. The van der Waals surface area contributed by atoms with Crippen LogP contribution in [0.5, 0.6) is 0 Å². The molecule has 1 atom stereocenters. The number of carbonyl (C=O) groups is 2. The van der Waals surface area contributed by atoms with Crippen LogP contribution in [-0.4, -0.2) is 49.3 Å². The lowest BCUT2D eigenvalue weighted by atomic mass is 9.71. The normalized spacial score (nSPS) is 33.4. The Morgan fingerprint density at radius 2 is 2.10 bits per heavy atom. The first-order valence-electron chi connectivity index (χ1n) is 7.83. The number of carboxylic acids is 1. The third-order valence-corrected chi connectivity index (χ3v) is 4.74. The van der Waals surface area contributed by atoms with Crippen molar-refractivity contribution in [2.45, 2.75) is 45.1 Å². The van der Waals surface area contributed by atoms with E-state index >= 15 is 0 Å². The number of carboxylic acid groups (broad SMARTS) is 1. The third-order valence-electron chi connectivity index (χ3n) is 4.74. The van der Waals surface area contributed by atoms with Crippen molar-refractivity contribution in [2.24, 2.45) is 11.3 Å². The van der Waals surface area contributed by atoms with Gasteiger partial charge in [-0.3, -0.25) is 9.59 Å². The van der Waals surface area contributed by atoms with E-state index in [1.54, 1.807) is 0 Å². The highest BCUT2D eigenvalue weighted by atomic mass is 16.5. The highest BCUT2D eigenvalue weighted by Gasteiger charge is 2.41. The van der Waals surface area contributed by atoms with Crippen LogP contribution in [0.4, 0.5) is 0 Å². The van der Waals surface area contributed by atoms with Crippen LogP contribution in [0.15, 0.2) is 0 Å². The molecule has 1 amide bonds. The number of amides is 1. The van der Waals surface area contributed by atoms with Gasteiger partial charge >= 0.3 is 5.97 Å². The first-order valence-corrected chi connectivity index (χ1v) is 7.83. The molecule has 1 aliphatic heterocycles. The number of hydrogen-bond donors (Lipinski definition) is 3. The Hall–Kier alpha value is -1.14. The van der Waals surface area contributed by atoms with Gasteiger partial charge in [-0.2, -0.15) is 0 Å². The van der Waals surface area contributed by atoms with Crippen LogP contribution in [0.3, 0.4) is 0 Å². The summed E-state index contributed by atoms with van der Waals surface area (Å²) in [5.74, 6) is -0.303. The molecule has 1 saturated carbocycles. The van der Waals surface area contributed by atoms with Crippen molar-refractivity contribution in [3.05, 3.63) is 0 Å². The Labute approximate surface area is 125 Å². The highest BCUT2D eigenvalue weighted by molar-refractivity contribution is 5.79. The average Bonchev–Trinajstić information content (AvgIpc) is 2.48. The van der Waals surface area contributed by atoms with Crippen LogP contribution in [0.1, 0.15) is 39.0 Å². The summed E-state index contributed by atoms with van der Waals surface area (Å²) in [4.78, 5) is 23.6. The van der Waals surface area contributed by atoms with E-state index in [1.165, 1.54) is 0 Å². The molecule has 120 valence electrons. The molecular formula is C15H26N2O4. The van der Waals surface area contributed by atoms with Gasteiger partial charge in [0.1, 0.15) is 0 Å². The smallest absolute Gasteiger partial charge is 0.311 e. The van der Waals surface area contributed by atoms with Crippen molar-refractivity contribution in [1.29, 1.82) is 0 Å². The van der Waals surface area contributed by atoms with Gasteiger partial charge in [0, 0.05) is 25.6 Å². The summed E-state index contributed by atoms with van der Waals surface area (Å²) in [5.41, 5.74) is -0.779. The third kappa shape index (κ3) is 4.41. The molecule has 2 aliphatic rings. The predicted molar refractivity (Wildman–Crippen MR) is 77.9 cm³/mol. The summed E-state index contributed by atoms with van der Waals surface area (Å²) in [7, 11) is 0. The van der Waals surface area contributed by atoms with E-state index in [9.17, 15) is 14.7 Å². The molecule has 2 rings (SSSR count). The van der Waals surface area contributed by atoms with Gasteiger partial charge in [-0.25, -0.2) is 0 Å². The van der Waals surface area contributed by atoms with Crippen LogP contribution >= 0.6 is 0 Å². The maximum absolute atomic E-state index is 12.0. The maximum atomic E-state index is 12.0. The number of morpholine rings is 1. The number of rotatable bonds is 5. The lowest BCUT2D eigenvalue weighted by Crippen LogP contribution is -2.48. The molecule has 6 nitrogen and oxygen atoms in total. The van der Waals surface area contributed by atoms with Crippen molar-refractivity contribution in [2.75, 3.05) is 26.3 Å². The van der Waals surface area contributed by atoms with Crippen molar-refractivity contribution >= 4 is 11.9 Å². The van der Waals surface area contributed by atoms with Gasteiger partial charge in [-0.15, -0.1) is 0 Å². The summed E-state index contributed by atoms with van der Waals surface area (Å²) < 4.78 is 5.31. The second kappa shape index (κ2) is 7.22. The number of carbonyl (C=O) groups excluding carboxylic acids is 1. The molecule has 1 unspecified atom stereocenters. The molecule has 1 saturated heterocycles. The Bertz CT molecular complexity index is 372. The highest BCUT2D eigenvalue weighted by Crippen LogP contribution is 2.38. The molecular weight excluding hydrogens is 272 g/mol. The van der Waals surface area contributed by atoms with Gasteiger partial charge in [-0.05, 0) is 31.6 Å². The molecule has 21 heavy (non-hydrogen) atoms. The first kappa shape index (κ1) is 16.2. The minimum absolute atomic E-state index is 0.0332. The molecule has 2 fully saturated rings. The van der Waals surface area contributed by atoms with Gasteiger partial charge in [0.15, 0.2) is 0 Å². The topological polar surface area (TPSA) is 87.7 Å². The Balaban J connectivity index is 1.81. The Kier molecular flexibility index (Phi) is 5.58. The van der Waals surface area contributed by atoms with Crippen LogP contribution in [0, 0.1) is 11.3 Å². The number of ether oxygens (including phenoxy) is 1. The fraction of sp³-hybridized carbons (Fsp3) is 0.867. The molecule has 0 aromatic carbocycles. The summed E-state index contributed by atoms with van der Waals surface area (Å²) >= 11 is 0. The molecule has 0 aromatic heterocycles. The Morgan fingerprint density at radius 1 is 1.38 bits per heavy atom. The van der Waals surface area contributed by atoms with E-state index in [0.717, 1.165) is 19.4 Å². The van der Waals surface area contributed by atoms with E-state index in [2.05, 4.69) is 17.6 Å². The lowest BCUT2D eigenvalue weighted by molar-refractivity contribution is -0.151.